The van der Waals surface area contributed by atoms with Crippen LogP contribution >= 0.6 is 0 Å². The summed E-state index contributed by atoms with van der Waals surface area (Å²) < 4.78 is 0. The summed E-state index contributed by atoms with van der Waals surface area (Å²) in [5.41, 5.74) is 12.0. The third kappa shape index (κ3) is 7.20. The topological polar surface area (TPSA) is 3.24 Å². The van der Waals surface area contributed by atoms with Crippen molar-refractivity contribution in [3.05, 3.63) is 284 Å². The molecule has 0 aromatic heterocycles. The molecule has 0 saturated heterocycles. The molecule has 12 rings (SSSR count). The number of fused-ring (bicyclic) bond motifs is 4. The van der Waals surface area contributed by atoms with Crippen LogP contribution in [-0.4, -0.2) is 8.07 Å². The number of anilines is 3. The van der Waals surface area contributed by atoms with Crippen LogP contribution in [0, 0.1) is 0 Å². The van der Waals surface area contributed by atoms with Crippen molar-refractivity contribution in [2.24, 2.45) is 0 Å². The van der Waals surface area contributed by atoms with Gasteiger partial charge in [0.15, 0.2) is 8.07 Å². The second kappa shape index (κ2) is 17.7. The molecular weight excluding hydrogens is 835 g/mol. The summed E-state index contributed by atoms with van der Waals surface area (Å²) in [6.07, 6.45) is 2.41. The monoisotopic (exact) mass is 881 g/mol. The number of nitrogens with zero attached hydrogens (tertiary/aromatic N) is 1. The molecule has 0 spiro atoms. The molecule has 0 bridgehead atoms. The first-order valence-corrected chi connectivity index (χ1v) is 25.6. The van der Waals surface area contributed by atoms with E-state index in [1.165, 1.54) is 80.9 Å². The Morgan fingerprint density at radius 3 is 1.16 bits per heavy atom. The summed E-state index contributed by atoms with van der Waals surface area (Å²) in [5, 5.41) is 13.8. The van der Waals surface area contributed by atoms with Gasteiger partial charge >= 0.3 is 0 Å². The van der Waals surface area contributed by atoms with Crippen LogP contribution in [0.4, 0.5) is 17.1 Å². The van der Waals surface area contributed by atoms with Gasteiger partial charge in [-0.15, -0.1) is 0 Å². The van der Waals surface area contributed by atoms with Gasteiger partial charge in [-0.1, -0.05) is 242 Å². The number of rotatable bonds is 10. The summed E-state index contributed by atoms with van der Waals surface area (Å²) in [6.45, 7) is 0. The maximum absolute atomic E-state index is 2.68. The van der Waals surface area contributed by atoms with Crippen LogP contribution in [0.5, 0.6) is 0 Å². The van der Waals surface area contributed by atoms with Crippen molar-refractivity contribution >= 4 is 89.9 Å². The van der Waals surface area contributed by atoms with E-state index in [0.717, 1.165) is 22.6 Å². The molecule has 2 heteroatoms. The highest BCUT2D eigenvalue weighted by atomic mass is 28.3. The lowest BCUT2D eigenvalue weighted by atomic mass is 9.83. The largest absolute Gasteiger partial charge is 0.310 e. The van der Waals surface area contributed by atoms with Crippen LogP contribution in [-0.2, 0) is 0 Å². The Labute approximate surface area is 399 Å². The molecule has 0 aliphatic carbocycles. The number of para-hydroxylation sites is 2. The maximum Gasteiger partial charge on any atom is 0.172 e. The molecule has 0 radical (unpaired) electrons. The summed E-state index contributed by atoms with van der Waals surface area (Å²) in [5.74, 6) is 0. The molecule has 0 aliphatic rings. The fourth-order valence-corrected chi connectivity index (χ4v) is 14.8. The number of benzene rings is 12. The van der Waals surface area contributed by atoms with Crippen LogP contribution in [0.3, 0.4) is 0 Å². The summed E-state index contributed by atoms with van der Waals surface area (Å²) in [7, 11) is -2.68. The van der Waals surface area contributed by atoms with Gasteiger partial charge in [0, 0.05) is 17.1 Å². The van der Waals surface area contributed by atoms with E-state index in [2.05, 4.69) is 290 Å². The SMILES string of the molecule is C(=C[Si](c1ccccc1)(c1ccccc1)c1ccccc1)c1ccc2c(-c3cccc4ccccc34)c3cc(N(c4ccccc4)c4ccccc4)ccc3c(-c3cccc4ccccc34)c2c1. The normalized spacial score (nSPS) is 11.8. The van der Waals surface area contributed by atoms with E-state index >= 15 is 0 Å². The van der Waals surface area contributed by atoms with Gasteiger partial charge < -0.3 is 4.90 Å². The van der Waals surface area contributed by atoms with Gasteiger partial charge in [-0.3, -0.25) is 0 Å². The molecule has 0 amide bonds. The van der Waals surface area contributed by atoms with E-state index in [0.29, 0.717) is 0 Å². The van der Waals surface area contributed by atoms with Gasteiger partial charge in [0.25, 0.3) is 0 Å². The molecule has 320 valence electrons. The third-order valence-electron chi connectivity index (χ3n) is 13.7. The highest BCUT2D eigenvalue weighted by Crippen LogP contribution is 2.49. The molecule has 0 N–H and O–H groups in total. The lowest BCUT2D eigenvalue weighted by Crippen LogP contribution is -2.66. The Kier molecular flexibility index (Phi) is 10.6. The van der Waals surface area contributed by atoms with Crippen molar-refractivity contribution in [1.82, 2.24) is 0 Å². The molecule has 12 aromatic rings. The number of hydrogen-bond donors (Lipinski definition) is 0. The molecule has 0 aliphatic heterocycles. The first-order valence-electron chi connectivity index (χ1n) is 23.5. The molecule has 0 saturated carbocycles. The average molecular weight is 882 g/mol. The minimum atomic E-state index is -2.68. The van der Waals surface area contributed by atoms with Gasteiger partial charge in [0.2, 0.25) is 0 Å². The molecule has 1 nitrogen and oxygen atoms in total. The maximum atomic E-state index is 2.56. The van der Waals surface area contributed by atoms with Gasteiger partial charge in [-0.05, 0) is 129 Å². The van der Waals surface area contributed by atoms with Crippen LogP contribution in [0.2, 0.25) is 0 Å². The van der Waals surface area contributed by atoms with Crippen molar-refractivity contribution in [3.8, 4) is 22.3 Å². The lowest BCUT2D eigenvalue weighted by Gasteiger charge is -2.30. The van der Waals surface area contributed by atoms with E-state index in [9.17, 15) is 0 Å². The molecule has 0 unspecified atom stereocenters. The minimum absolute atomic E-state index is 1.10. The average Bonchev–Trinajstić information content (AvgIpc) is 3.42. The summed E-state index contributed by atoms with van der Waals surface area (Å²) in [4.78, 5) is 2.38. The standard InChI is InChI=1S/C66H47NSi/c1-6-26-51(27-7-1)67(52-28-8-2-9-29-52)53-41-43-62-64(47-53)66(60-39-21-25-50-23-17-19-37-58(50)60)61-42-40-48(46-63(61)65(62)59-38-20-24-49-22-16-18-36-57(49)59)44-45-68(54-30-10-3-11-31-54,55-32-12-4-13-33-55)56-34-14-5-15-35-56/h1-47H. The van der Waals surface area contributed by atoms with E-state index in [4.69, 9.17) is 0 Å². The van der Waals surface area contributed by atoms with Crippen molar-refractivity contribution < 1.29 is 0 Å². The summed E-state index contributed by atoms with van der Waals surface area (Å²) >= 11 is 0. The van der Waals surface area contributed by atoms with Crippen molar-refractivity contribution in [3.63, 3.8) is 0 Å². The predicted molar refractivity (Wildman–Crippen MR) is 295 cm³/mol. The molecular formula is C66H47NSi. The van der Waals surface area contributed by atoms with Crippen LogP contribution in [0.25, 0.3) is 71.4 Å². The van der Waals surface area contributed by atoms with Gasteiger partial charge in [0.1, 0.15) is 0 Å². The van der Waals surface area contributed by atoms with E-state index in [1.54, 1.807) is 0 Å². The van der Waals surface area contributed by atoms with Crippen molar-refractivity contribution in [2.45, 2.75) is 0 Å². The third-order valence-corrected chi connectivity index (χ3v) is 18.1. The van der Waals surface area contributed by atoms with E-state index in [-0.39, 0.29) is 0 Å². The Bertz CT molecular complexity index is 3630. The first-order chi connectivity index (χ1) is 33.7. The molecule has 0 atom stereocenters. The zero-order chi connectivity index (χ0) is 45.3. The van der Waals surface area contributed by atoms with E-state index < -0.39 is 8.07 Å². The molecule has 0 heterocycles. The van der Waals surface area contributed by atoms with Crippen LogP contribution in [0.1, 0.15) is 5.56 Å². The van der Waals surface area contributed by atoms with Crippen molar-refractivity contribution in [2.75, 3.05) is 4.90 Å². The quantitative estimate of drug-likeness (QED) is 0.0751. The second-order valence-corrected chi connectivity index (χ2v) is 21.3. The fraction of sp³-hybridized carbons (Fsp3) is 0. The van der Waals surface area contributed by atoms with Gasteiger partial charge in [-0.25, -0.2) is 0 Å². The highest BCUT2D eigenvalue weighted by Gasteiger charge is 2.36. The molecule has 12 aromatic carbocycles. The molecule has 0 fully saturated rings. The first kappa shape index (κ1) is 40.9. The Balaban J connectivity index is 1.19. The Morgan fingerprint density at radius 2 is 0.676 bits per heavy atom. The zero-order valence-corrected chi connectivity index (χ0v) is 38.6. The smallest absolute Gasteiger partial charge is 0.172 e. The van der Waals surface area contributed by atoms with Gasteiger partial charge in [0.05, 0.1) is 0 Å². The van der Waals surface area contributed by atoms with E-state index in [1.807, 2.05) is 0 Å². The fourth-order valence-electron chi connectivity index (χ4n) is 10.7. The minimum Gasteiger partial charge on any atom is -0.310 e. The number of hydrogen-bond acceptors (Lipinski definition) is 1. The highest BCUT2D eigenvalue weighted by molar-refractivity contribution is 7.15. The predicted octanol–water partition coefficient (Wildman–Crippen LogP) is 15.8. The second-order valence-electron chi connectivity index (χ2n) is 17.6. The van der Waals surface area contributed by atoms with Crippen molar-refractivity contribution in [1.29, 1.82) is 0 Å². The summed E-state index contributed by atoms with van der Waals surface area (Å²) in [6, 6.07) is 100. The van der Waals surface area contributed by atoms with Gasteiger partial charge in [-0.2, -0.15) is 0 Å². The Morgan fingerprint density at radius 1 is 0.279 bits per heavy atom. The molecule has 68 heavy (non-hydrogen) atoms. The lowest BCUT2D eigenvalue weighted by molar-refractivity contribution is 1.29. The van der Waals surface area contributed by atoms with Crippen LogP contribution in [0.15, 0.2) is 279 Å². The Hall–Kier alpha value is -8.56. The van der Waals surface area contributed by atoms with Crippen LogP contribution < -0.4 is 20.5 Å². The zero-order valence-electron chi connectivity index (χ0n) is 37.6.